The fourth-order valence-corrected chi connectivity index (χ4v) is 2.78. The predicted molar refractivity (Wildman–Crippen MR) is 108 cm³/mol. The molecular weight excluding hydrogens is 358 g/mol. The standard InChI is InChI=1S/C22H21NO5/c1-3-27-20(24)13-12-18-21(17-6-4-5-7-19(17)28-22(18)25)23-14-15-8-10-16(26-2)11-9-15/h4-13,23H,3,14H2,1-2H3/b13-12+. The van der Waals surface area contributed by atoms with Crippen molar-refractivity contribution in [1.82, 2.24) is 0 Å². The van der Waals surface area contributed by atoms with Gasteiger partial charge in [0.15, 0.2) is 0 Å². The third-order valence-electron chi connectivity index (χ3n) is 4.15. The SMILES string of the molecule is CCOC(=O)/C=C/c1c(NCc2ccc(OC)cc2)c2ccccc2oc1=O. The first kappa shape index (κ1) is 19.2. The minimum Gasteiger partial charge on any atom is -0.497 e. The number of esters is 1. The Kier molecular flexibility index (Phi) is 6.11. The molecule has 0 aliphatic heterocycles. The molecule has 3 rings (SSSR count). The van der Waals surface area contributed by atoms with E-state index >= 15 is 0 Å². The van der Waals surface area contributed by atoms with E-state index in [9.17, 15) is 9.59 Å². The topological polar surface area (TPSA) is 77.8 Å². The van der Waals surface area contributed by atoms with Gasteiger partial charge in [0, 0.05) is 18.0 Å². The number of carbonyl (C=O) groups excluding carboxylic acids is 1. The van der Waals surface area contributed by atoms with Crippen LogP contribution < -0.4 is 15.7 Å². The second kappa shape index (κ2) is 8.90. The Hall–Kier alpha value is -3.54. The van der Waals surface area contributed by atoms with Crippen LogP contribution in [0, 0.1) is 0 Å². The predicted octanol–water partition coefficient (Wildman–Crippen LogP) is 3.99. The zero-order valence-corrected chi connectivity index (χ0v) is 15.7. The molecule has 0 fully saturated rings. The molecule has 0 radical (unpaired) electrons. The van der Waals surface area contributed by atoms with Crippen molar-refractivity contribution >= 4 is 28.7 Å². The van der Waals surface area contributed by atoms with Crippen LogP contribution in [0.1, 0.15) is 18.1 Å². The number of ether oxygens (including phenoxy) is 2. The molecule has 0 amide bonds. The molecule has 1 N–H and O–H groups in total. The van der Waals surface area contributed by atoms with Gasteiger partial charge in [0.2, 0.25) is 0 Å². The zero-order chi connectivity index (χ0) is 19.9. The van der Waals surface area contributed by atoms with Crippen LogP contribution in [0.5, 0.6) is 5.75 Å². The quantitative estimate of drug-likeness (QED) is 0.380. The molecule has 0 saturated heterocycles. The Bertz CT molecular complexity index is 1050. The molecule has 0 unspecified atom stereocenters. The van der Waals surface area contributed by atoms with Crippen LogP contribution in [0.25, 0.3) is 17.0 Å². The molecule has 2 aromatic carbocycles. The van der Waals surface area contributed by atoms with Gasteiger partial charge >= 0.3 is 11.6 Å². The van der Waals surface area contributed by atoms with Gasteiger partial charge in [-0.2, -0.15) is 0 Å². The van der Waals surface area contributed by atoms with Crippen LogP contribution in [0.3, 0.4) is 0 Å². The summed E-state index contributed by atoms with van der Waals surface area (Å²) in [5, 5.41) is 4.05. The molecule has 6 heteroatoms. The van der Waals surface area contributed by atoms with Gasteiger partial charge in [-0.05, 0) is 42.8 Å². The zero-order valence-electron chi connectivity index (χ0n) is 15.7. The lowest BCUT2D eigenvalue weighted by Crippen LogP contribution is -2.11. The normalized spacial score (nSPS) is 10.9. The number of fused-ring (bicyclic) bond motifs is 1. The Morgan fingerprint density at radius 3 is 2.61 bits per heavy atom. The largest absolute Gasteiger partial charge is 0.497 e. The molecule has 0 atom stereocenters. The number of rotatable bonds is 7. The summed E-state index contributed by atoms with van der Waals surface area (Å²) in [6.07, 6.45) is 2.65. The van der Waals surface area contributed by atoms with Gasteiger partial charge in [-0.15, -0.1) is 0 Å². The van der Waals surface area contributed by atoms with Crippen LogP contribution in [0.15, 0.2) is 63.8 Å². The molecule has 6 nitrogen and oxygen atoms in total. The van der Waals surface area contributed by atoms with E-state index in [4.69, 9.17) is 13.9 Å². The summed E-state index contributed by atoms with van der Waals surface area (Å²) in [4.78, 5) is 24.2. The lowest BCUT2D eigenvalue weighted by molar-refractivity contribution is -0.137. The minimum atomic E-state index is -0.531. The highest BCUT2D eigenvalue weighted by molar-refractivity contribution is 5.96. The maximum atomic E-state index is 12.5. The molecule has 3 aromatic rings. The van der Waals surface area contributed by atoms with Crippen LogP contribution in [0.4, 0.5) is 5.69 Å². The maximum absolute atomic E-state index is 12.5. The fourth-order valence-electron chi connectivity index (χ4n) is 2.78. The van der Waals surface area contributed by atoms with Gasteiger partial charge < -0.3 is 19.2 Å². The third kappa shape index (κ3) is 4.40. The average molecular weight is 379 g/mol. The highest BCUT2D eigenvalue weighted by Crippen LogP contribution is 2.27. The number of hydrogen-bond acceptors (Lipinski definition) is 6. The number of hydrogen-bond donors (Lipinski definition) is 1. The molecule has 0 saturated carbocycles. The average Bonchev–Trinajstić information content (AvgIpc) is 2.71. The van der Waals surface area contributed by atoms with Crippen molar-refractivity contribution in [2.24, 2.45) is 0 Å². The van der Waals surface area contributed by atoms with E-state index in [-0.39, 0.29) is 12.2 Å². The van der Waals surface area contributed by atoms with Crippen molar-refractivity contribution in [3.05, 3.63) is 76.2 Å². The number of carbonyl (C=O) groups is 1. The number of anilines is 1. The van der Waals surface area contributed by atoms with E-state index in [0.29, 0.717) is 17.8 Å². The van der Waals surface area contributed by atoms with Crippen molar-refractivity contribution in [3.63, 3.8) is 0 Å². The van der Waals surface area contributed by atoms with E-state index < -0.39 is 11.6 Å². The van der Waals surface area contributed by atoms with Gasteiger partial charge in [-0.25, -0.2) is 9.59 Å². The van der Waals surface area contributed by atoms with Gasteiger partial charge in [0.05, 0.1) is 25.0 Å². The number of methoxy groups -OCH3 is 1. The second-order valence-corrected chi connectivity index (χ2v) is 5.96. The van der Waals surface area contributed by atoms with Crippen LogP contribution in [0.2, 0.25) is 0 Å². The lowest BCUT2D eigenvalue weighted by Gasteiger charge is -2.12. The third-order valence-corrected chi connectivity index (χ3v) is 4.15. The molecule has 0 spiro atoms. The van der Waals surface area contributed by atoms with Crippen molar-refractivity contribution in [3.8, 4) is 5.75 Å². The maximum Gasteiger partial charge on any atom is 0.345 e. The van der Waals surface area contributed by atoms with Crippen molar-refractivity contribution in [2.45, 2.75) is 13.5 Å². The first-order valence-electron chi connectivity index (χ1n) is 8.90. The molecule has 1 aromatic heterocycles. The Morgan fingerprint density at radius 2 is 1.89 bits per heavy atom. The molecule has 28 heavy (non-hydrogen) atoms. The van der Waals surface area contributed by atoms with E-state index in [1.807, 2.05) is 36.4 Å². The molecule has 1 heterocycles. The van der Waals surface area contributed by atoms with Crippen molar-refractivity contribution < 1.29 is 18.7 Å². The van der Waals surface area contributed by atoms with E-state index in [2.05, 4.69) is 5.32 Å². The van der Waals surface area contributed by atoms with Crippen LogP contribution >= 0.6 is 0 Å². The van der Waals surface area contributed by atoms with Crippen LogP contribution in [-0.4, -0.2) is 19.7 Å². The lowest BCUT2D eigenvalue weighted by atomic mass is 10.1. The monoisotopic (exact) mass is 379 g/mol. The van der Waals surface area contributed by atoms with E-state index in [1.54, 1.807) is 26.2 Å². The number of nitrogens with one attached hydrogen (secondary N) is 1. The number of benzene rings is 2. The summed E-state index contributed by atoms with van der Waals surface area (Å²) < 4.78 is 15.5. The van der Waals surface area contributed by atoms with Gasteiger partial charge in [-0.3, -0.25) is 0 Å². The summed E-state index contributed by atoms with van der Waals surface area (Å²) in [5.74, 6) is 0.253. The Morgan fingerprint density at radius 1 is 1.14 bits per heavy atom. The summed E-state index contributed by atoms with van der Waals surface area (Å²) in [5.41, 5.74) is 1.82. The minimum absolute atomic E-state index is 0.262. The van der Waals surface area contributed by atoms with E-state index in [0.717, 1.165) is 16.7 Å². The number of para-hydroxylation sites is 1. The summed E-state index contributed by atoms with van der Waals surface area (Å²) in [6, 6.07) is 14.9. The van der Waals surface area contributed by atoms with Gasteiger partial charge in [0.25, 0.3) is 0 Å². The summed E-state index contributed by atoms with van der Waals surface area (Å²) >= 11 is 0. The molecule has 0 aliphatic rings. The fraction of sp³-hybridized carbons (Fsp3) is 0.182. The summed E-state index contributed by atoms with van der Waals surface area (Å²) in [7, 11) is 1.62. The summed E-state index contributed by atoms with van der Waals surface area (Å²) in [6.45, 7) is 2.47. The molecule has 0 bridgehead atoms. The Balaban J connectivity index is 1.98. The van der Waals surface area contributed by atoms with Crippen molar-refractivity contribution in [1.29, 1.82) is 0 Å². The second-order valence-electron chi connectivity index (χ2n) is 5.96. The highest BCUT2D eigenvalue weighted by atomic mass is 16.5. The smallest absolute Gasteiger partial charge is 0.345 e. The first-order chi connectivity index (χ1) is 13.6. The van der Waals surface area contributed by atoms with Crippen LogP contribution in [-0.2, 0) is 16.1 Å². The molecule has 144 valence electrons. The highest BCUT2D eigenvalue weighted by Gasteiger charge is 2.13. The Labute approximate surface area is 162 Å². The first-order valence-corrected chi connectivity index (χ1v) is 8.90. The molecule has 0 aliphatic carbocycles. The van der Waals surface area contributed by atoms with Gasteiger partial charge in [-0.1, -0.05) is 24.3 Å². The van der Waals surface area contributed by atoms with Gasteiger partial charge in [0.1, 0.15) is 11.3 Å². The van der Waals surface area contributed by atoms with E-state index in [1.165, 1.54) is 12.2 Å². The molecular formula is C22H21NO5. The van der Waals surface area contributed by atoms with Crippen molar-refractivity contribution in [2.75, 3.05) is 19.0 Å².